The Morgan fingerprint density at radius 3 is 2.64 bits per heavy atom. The van der Waals surface area contributed by atoms with Crippen LogP contribution in [0, 0.1) is 6.07 Å². The van der Waals surface area contributed by atoms with Gasteiger partial charge >= 0.3 is 0 Å². The van der Waals surface area contributed by atoms with E-state index in [1.165, 1.54) is 0 Å². The number of halogens is 1. The summed E-state index contributed by atoms with van der Waals surface area (Å²) in [7, 11) is 3.15. The molecule has 0 fully saturated rings. The summed E-state index contributed by atoms with van der Waals surface area (Å²) in [5, 5.41) is 0. The molecule has 14 heavy (non-hydrogen) atoms. The highest BCUT2D eigenvalue weighted by Crippen LogP contribution is 2.30. The second-order valence-corrected chi connectivity index (χ2v) is 2.87. The van der Waals surface area contributed by atoms with Crippen LogP contribution in [0.25, 0.3) is 0 Å². The topological polar surface area (TPSA) is 18.5 Å². The molecule has 1 radical (unpaired) electrons. The lowest BCUT2D eigenvalue weighted by molar-refractivity contribution is 0.350. The Balaban J connectivity index is 2.90. The van der Waals surface area contributed by atoms with Crippen LogP contribution in [0.2, 0.25) is 0 Å². The molecule has 0 saturated heterocycles. The van der Waals surface area contributed by atoms with Crippen molar-refractivity contribution < 1.29 is 13.9 Å². The fourth-order valence-corrected chi connectivity index (χ4v) is 1.33. The van der Waals surface area contributed by atoms with Gasteiger partial charge in [0.05, 0.1) is 20.9 Å². The van der Waals surface area contributed by atoms with E-state index in [9.17, 15) is 4.39 Å². The van der Waals surface area contributed by atoms with Crippen LogP contribution >= 0.6 is 0 Å². The number of alkyl halides is 1. The maximum atomic E-state index is 12.0. The highest BCUT2D eigenvalue weighted by Gasteiger charge is 2.08. The van der Waals surface area contributed by atoms with Gasteiger partial charge in [-0.3, -0.25) is 4.39 Å². The number of hydrogen-bond donors (Lipinski definition) is 0. The molecule has 0 atom stereocenters. The number of aryl methyl sites for hydroxylation is 1. The molecule has 0 unspecified atom stereocenters. The Kier molecular flexibility index (Phi) is 4.23. The van der Waals surface area contributed by atoms with Crippen molar-refractivity contribution in [2.45, 2.75) is 12.8 Å². The van der Waals surface area contributed by atoms with Crippen LogP contribution < -0.4 is 9.47 Å². The minimum absolute atomic E-state index is 0.319. The van der Waals surface area contributed by atoms with Crippen molar-refractivity contribution in [1.82, 2.24) is 0 Å². The van der Waals surface area contributed by atoms with E-state index in [0.29, 0.717) is 24.3 Å². The Labute approximate surface area is 83.6 Å². The zero-order chi connectivity index (χ0) is 10.4. The Hall–Kier alpha value is -1.25. The molecule has 0 N–H and O–H groups in total. The smallest absolute Gasteiger partial charge is 0.163 e. The van der Waals surface area contributed by atoms with Gasteiger partial charge in [0, 0.05) is 0 Å². The van der Waals surface area contributed by atoms with E-state index < -0.39 is 0 Å². The van der Waals surface area contributed by atoms with Gasteiger partial charge in [-0.25, -0.2) is 0 Å². The van der Waals surface area contributed by atoms with Crippen molar-refractivity contribution in [3.63, 3.8) is 0 Å². The first-order valence-corrected chi connectivity index (χ1v) is 4.50. The predicted molar refractivity (Wildman–Crippen MR) is 52.7 cm³/mol. The quantitative estimate of drug-likeness (QED) is 0.721. The van der Waals surface area contributed by atoms with Crippen molar-refractivity contribution >= 4 is 0 Å². The van der Waals surface area contributed by atoms with E-state index in [1.54, 1.807) is 26.4 Å². The van der Waals surface area contributed by atoms with Gasteiger partial charge in [0.2, 0.25) is 0 Å². The lowest BCUT2D eigenvalue weighted by Gasteiger charge is -2.11. The second kappa shape index (κ2) is 5.47. The minimum atomic E-state index is -0.319. The van der Waals surface area contributed by atoms with Gasteiger partial charge in [-0.2, -0.15) is 0 Å². The first-order chi connectivity index (χ1) is 6.83. The maximum Gasteiger partial charge on any atom is 0.163 e. The Bertz CT molecular complexity index is 287. The third-order valence-corrected chi connectivity index (χ3v) is 1.99. The molecule has 1 aromatic carbocycles. The van der Waals surface area contributed by atoms with Gasteiger partial charge in [-0.15, -0.1) is 0 Å². The van der Waals surface area contributed by atoms with Crippen LogP contribution in [-0.2, 0) is 6.42 Å². The van der Waals surface area contributed by atoms with Crippen LogP contribution in [0.5, 0.6) is 11.5 Å². The molecule has 0 aliphatic heterocycles. The monoisotopic (exact) mass is 197 g/mol. The number of benzene rings is 1. The van der Waals surface area contributed by atoms with E-state index in [4.69, 9.17) is 9.47 Å². The van der Waals surface area contributed by atoms with E-state index >= 15 is 0 Å². The van der Waals surface area contributed by atoms with E-state index in [2.05, 4.69) is 6.07 Å². The average Bonchev–Trinajstić information content (AvgIpc) is 2.25. The van der Waals surface area contributed by atoms with Gasteiger partial charge < -0.3 is 9.47 Å². The van der Waals surface area contributed by atoms with E-state index in [0.717, 1.165) is 5.56 Å². The first kappa shape index (κ1) is 10.8. The highest BCUT2D eigenvalue weighted by molar-refractivity contribution is 5.46. The fourth-order valence-electron chi connectivity index (χ4n) is 1.33. The summed E-state index contributed by atoms with van der Waals surface area (Å²) in [5.74, 6) is 1.32. The average molecular weight is 197 g/mol. The maximum absolute atomic E-state index is 12.0. The highest BCUT2D eigenvalue weighted by atomic mass is 19.1. The summed E-state index contributed by atoms with van der Waals surface area (Å²) in [4.78, 5) is 0. The van der Waals surface area contributed by atoms with Crippen molar-refractivity contribution in [3.8, 4) is 11.5 Å². The summed E-state index contributed by atoms with van der Waals surface area (Å²) < 4.78 is 22.3. The zero-order valence-corrected chi connectivity index (χ0v) is 8.47. The molecule has 0 amide bonds. The van der Waals surface area contributed by atoms with Gasteiger partial charge in [-0.05, 0) is 36.6 Å². The second-order valence-electron chi connectivity index (χ2n) is 2.87. The number of hydrogen-bond acceptors (Lipinski definition) is 2. The van der Waals surface area contributed by atoms with Crippen molar-refractivity contribution in [3.05, 3.63) is 23.8 Å². The van der Waals surface area contributed by atoms with Crippen LogP contribution in [0.4, 0.5) is 4.39 Å². The van der Waals surface area contributed by atoms with Gasteiger partial charge in [0.25, 0.3) is 0 Å². The lowest BCUT2D eigenvalue weighted by Crippen LogP contribution is -1.96. The van der Waals surface area contributed by atoms with E-state index in [-0.39, 0.29) is 6.67 Å². The summed E-state index contributed by atoms with van der Waals surface area (Å²) in [6.45, 7) is -0.319. The molecule has 0 saturated carbocycles. The van der Waals surface area contributed by atoms with Crippen LogP contribution in [0.3, 0.4) is 0 Å². The van der Waals surface area contributed by atoms with Crippen molar-refractivity contribution in [2.24, 2.45) is 0 Å². The molecule has 0 aromatic heterocycles. The molecule has 0 spiro atoms. The van der Waals surface area contributed by atoms with Crippen LogP contribution in [0.1, 0.15) is 12.0 Å². The lowest BCUT2D eigenvalue weighted by atomic mass is 10.1. The molecule has 0 aliphatic rings. The molecule has 0 bridgehead atoms. The first-order valence-electron chi connectivity index (χ1n) is 4.50. The third-order valence-electron chi connectivity index (χ3n) is 1.99. The molecule has 3 heteroatoms. The van der Waals surface area contributed by atoms with Crippen LogP contribution in [0.15, 0.2) is 12.1 Å². The molecule has 2 nitrogen and oxygen atoms in total. The van der Waals surface area contributed by atoms with Crippen molar-refractivity contribution in [2.75, 3.05) is 20.9 Å². The number of ether oxygens (including phenoxy) is 2. The predicted octanol–water partition coefficient (Wildman–Crippen LogP) is 2.41. The molecular weight excluding hydrogens is 183 g/mol. The Morgan fingerprint density at radius 1 is 1.29 bits per heavy atom. The zero-order valence-electron chi connectivity index (χ0n) is 8.47. The van der Waals surface area contributed by atoms with Crippen molar-refractivity contribution in [1.29, 1.82) is 0 Å². The summed E-state index contributed by atoms with van der Waals surface area (Å²) in [6.07, 6.45) is 1.14. The van der Waals surface area contributed by atoms with Gasteiger partial charge in [-0.1, -0.05) is 0 Å². The van der Waals surface area contributed by atoms with Crippen LogP contribution in [-0.4, -0.2) is 20.9 Å². The normalized spacial score (nSPS) is 9.93. The molecule has 0 aliphatic carbocycles. The van der Waals surface area contributed by atoms with Gasteiger partial charge in [0.1, 0.15) is 0 Å². The fraction of sp³-hybridized carbons (Fsp3) is 0.455. The Morgan fingerprint density at radius 2 is 2.07 bits per heavy atom. The molecular formula is C11H14FO2. The molecule has 77 valence electrons. The summed E-state index contributed by atoms with van der Waals surface area (Å²) >= 11 is 0. The largest absolute Gasteiger partial charge is 0.493 e. The summed E-state index contributed by atoms with van der Waals surface area (Å²) in [5.41, 5.74) is 0.935. The van der Waals surface area contributed by atoms with E-state index in [1.807, 2.05) is 0 Å². The molecule has 1 aromatic rings. The number of rotatable bonds is 5. The SMILES string of the molecule is COc1c[c]cc(CCCF)c1OC. The molecule has 1 rings (SSSR count). The van der Waals surface area contributed by atoms with Gasteiger partial charge in [0.15, 0.2) is 11.5 Å². The summed E-state index contributed by atoms with van der Waals surface area (Å²) in [6, 6.07) is 6.45. The standard InChI is InChI=1S/C11H14FO2/c1-13-10-7-3-5-9(6-4-8-12)11(10)14-2/h5,7H,4,6,8H2,1-2H3. The minimum Gasteiger partial charge on any atom is -0.493 e. The third kappa shape index (κ3) is 2.37. The number of methoxy groups -OCH3 is 2. The molecule has 0 heterocycles.